The summed E-state index contributed by atoms with van der Waals surface area (Å²) in [6.07, 6.45) is 4.26. The fourth-order valence-electron chi connectivity index (χ4n) is 3.51. The SMILES string of the molecule is CN=C(NCCc1ccc(F)cc1F)NCC1(C(=O)N(C)C)CCCC1. The van der Waals surface area contributed by atoms with Crippen LogP contribution in [-0.2, 0) is 11.2 Å². The van der Waals surface area contributed by atoms with E-state index in [1.807, 2.05) is 0 Å². The standard InChI is InChI=1S/C19H28F2N4O/c1-22-18(23-11-8-14-6-7-15(20)12-16(14)21)24-13-19(9-4-5-10-19)17(26)25(2)3/h6-7,12H,4-5,8-11,13H2,1-3H3,(H2,22,23,24). The topological polar surface area (TPSA) is 56.7 Å². The van der Waals surface area contributed by atoms with Crippen molar-refractivity contribution < 1.29 is 13.6 Å². The fourth-order valence-corrected chi connectivity index (χ4v) is 3.51. The number of halogens is 2. The third-order valence-corrected chi connectivity index (χ3v) is 4.94. The first kappa shape index (κ1) is 20.1. The number of carbonyl (C=O) groups excluding carboxylic acids is 1. The number of hydrogen-bond donors (Lipinski definition) is 2. The molecule has 1 aliphatic carbocycles. The van der Waals surface area contributed by atoms with Gasteiger partial charge >= 0.3 is 0 Å². The van der Waals surface area contributed by atoms with Crippen molar-refractivity contribution >= 4 is 11.9 Å². The number of nitrogens with one attached hydrogen (secondary N) is 2. The molecule has 7 heteroatoms. The molecule has 0 bridgehead atoms. The minimum Gasteiger partial charge on any atom is -0.356 e. The molecule has 0 spiro atoms. The van der Waals surface area contributed by atoms with E-state index in [0.717, 1.165) is 31.7 Å². The molecule has 2 rings (SSSR count). The Morgan fingerprint density at radius 1 is 1.23 bits per heavy atom. The normalized spacial score (nSPS) is 16.4. The lowest BCUT2D eigenvalue weighted by Crippen LogP contribution is -2.49. The van der Waals surface area contributed by atoms with Gasteiger partial charge in [0.15, 0.2) is 5.96 Å². The lowest BCUT2D eigenvalue weighted by atomic mass is 9.84. The maximum Gasteiger partial charge on any atom is 0.230 e. The van der Waals surface area contributed by atoms with Gasteiger partial charge in [-0.1, -0.05) is 18.9 Å². The lowest BCUT2D eigenvalue weighted by Gasteiger charge is -2.31. The van der Waals surface area contributed by atoms with E-state index in [-0.39, 0.29) is 11.3 Å². The van der Waals surface area contributed by atoms with E-state index < -0.39 is 11.6 Å². The Hall–Kier alpha value is -2.18. The van der Waals surface area contributed by atoms with Gasteiger partial charge in [-0.3, -0.25) is 9.79 Å². The highest BCUT2D eigenvalue weighted by Gasteiger charge is 2.42. The molecule has 2 N–H and O–H groups in total. The summed E-state index contributed by atoms with van der Waals surface area (Å²) in [6, 6.07) is 3.59. The van der Waals surface area contributed by atoms with E-state index in [0.29, 0.717) is 31.0 Å². The Morgan fingerprint density at radius 2 is 1.92 bits per heavy atom. The van der Waals surface area contributed by atoms with Crippen LogP contribution in [0.3, 0.4) is 0 Å². The van der Waals surface area contributed by atoms with Crippen molar-refractivity contribution in [2.75, 3.05) is 34.2 Å². The summed E-state index contributed by atoms with van der Waals surface area (Å²) in [4.78, 5) is 18.4. The van der Waals surface area contributed by atoms with Crippen molar-refractivity contribution in [2.45, 2.75) is 32.1 Å². The van der Waals surface area contributed by atoms with E-state index in [1.54, 1.807) is 26.0 Å². The van der Waals surface area contributed by atoms with Gasteiger partial charge in [-0.25, -0.2) is 8.78 Å². The molecule has 5 nitrogen and oxygen atoms in total. The van der Waals surface area contributed by atoms with Crippen LogP contribution in [0.1, 0.15) is 31.2 Å². The summed E-state index contributed by atoms with van der Waals surface area (Å²) in [6.45, 7) is 0.978. The predicted molar refractivity (Wildman–Crippen MR) is 99.0 cm³/mol. The van der Waals surface area contributed by atoms with Gasteiger partial charge in [0.05, 0.1) is 5.41 Å². The van der Waals surface area contributed by atoms with E-state index in [1.165, 1.54) is 12.1 Å². The first-order valence-electron chi connectivity index (χ1n) is 8.98. The zero-order valence-electron chi connectivity index (χ0n) is 15.7. The number of aliphatic imine (C=N–C) groups is 1. The van der Waals surface area contributed by atoms with Crippen molar-refractivity contribution in [3.05, 3.63) is 35.4 Å². The molecule has 0 radical (unpaired) electrons. The van der Waals surface area contributed by atoms with E-state index >= 15 is 0 Å². The van der Waals surface area contributed by atoms with Crippen LogP contribution >= 0.6 is 0 Å². The second-order valence-electron chi connectivity index (χ2n) is 7.03. The number of hydrogen-bond acceptors (Lipinski definition) is 2. The minimum atomic E-state index is -0.580. The molecule has 144 valence electrons. The second-order valence-corrected chi connectivity index (χ2v) is 7.03. The summed E-state index contributed by atoms with van der Waals surface area (Å²) in [5, 5.41) is 6.36. The summed E-state index contributed by atoms with van der Waals surface area (Å²) >= 11 is 0. The average molecular weight is 366 g/mol. The van der Waals surface area contributed by atoms with Crippen LogP contribution in [0.2, 0.25) is 0 Å². The zero-order chi connectivity index (χ0) is 19.2. The van der Waals surface area contributed by atoms with Crippen LogP contribution in [-0.4, -0.2) is 51.0 Å². The highest BCUT2D eigenvalue weighted by molar-refractivity contribution is 5.85. The van der Waals surface area contributed by atoms with Gasteiger partial charge in [0.2, 0.25) is 5.91 Å². The Labute approximate surface area is 153 Å². The Bertz CT molecular complexity index is 655. The molecule has 0 aromatic heterocycles. The number of benzene rings is 1. The van der Waals surface area contributed by atoms with Crippen LogP contribution in [0.25, 0.3) is 0 Å². The quantitative estimate of drug-likeness (QED) is 0.600. The maximum absolute atomic E-state index is 13.7. The third-order valence-electron chi connectivity index (χ3n) is 4.94. The van der Waals surface area contributed by atoms with Crippen LogP contribution < -0.4 is 10.6 Å². The molecule has 1 amide bonds. The molecule has 1 saturated carbocycles. The highest BCUT2D eigenvalue weighted by atomic mass is 19.1. The Morgan fingerprint density at radius 3 is 2.50 bits per heavy atom. The molecule has 0 atom stereocenters. The van der Waals surface area contributed by atoms with Crippen molar-refractivity contribution in [3.63, 3.8) is 0 Å². The molecule has 26 heavy (non-hydrogen) atoms. The number of carbonyl (C=O) groups is 1. The monoisotopic (exact) mass is 366 g/mol. The highest BCUT2D eigenvalue weighted by Crippen LogP contribution is 2.38. The first-order chi connectivity index (χ1) is 12.4. The van der Waals surface area contributed by atoms with Crippen molar-refractivity contribution in [3.8, 4) is 0 Å². The molecule has 0 saturated heterocycles. The van der Waals surface area contributed by atoms with Gasteiger partial charge in [0.1, 0.15) is 11.6 Å². The summed E-state index contributed by atoms with van der Waals surface area (Å²) in [5.74, 6) is -0.406. The smallest absolute Gasteiger partial charge is 0.230 e. The molecule has 1 aliphatic rings. The molecule has 0 unspecified atom stereocenters. The van der Waals surface area contributed by atoms with Crippen molar-refractivity contribution in [1.82, 2.24) is 15.5 Å². The minimum absolute atomic E-state index is 0.145. The van der Waals surface area contributed by atoms with Gasteiger partial charge in [-0.05, 0) is 30.9 Å². The van der Waals surface area contributed by atoms with Gasteiger partial charge in [-0.2, -0.15) is 0 Å². The van der Waals surface area contributed by atoms with Crippen LogP contribution in [0.5, 0.6) is 0 Å². The van der Waals surface area contributed by atoms with Gasteiger partial charge < -0.3 is 15.5 Å². The van der Waals surface area contributed by atoms with E-state index in [4.69, 9.17) is 0 Å². The van der Waals surface area contributed by atoms with Gasteiger partial charge in [0, 0.05) is 40.3 Å². The number of rotatable bonds is 6. The van der Waals surface area contributed by atoms with E-state index in [9.17, 15) is 13.6 Å². The van der Waals surface area contributed by atoms with Crippen molar-refractivity contribution in [2.24, 2.45) is 10.4 Å². The molecule has 0 heterocycles. The van der Waals surface area contributed by atoms with E-state index in [2.05, 4.69) is 15.6 Å². The number of guanidine groups is 1. The molecule has 1 fully saturated rings. The molecule has 0 aliphatic heterocycles. The summed E-state index contributed by atoms with van der Waals surface area (Å²) in [7, 11) is 5.22. The van der Waals surface area contributed by atoms with Crippen LogP contribution in [0.15, 0.2) is 23.2 Å². The Kier molecular flexibility index (Phi) is 6.94. The second kappa shape index (κ2) is 8.96. The lowest BCUT2D eigenvalue weighted by molar-refractivity contribution is -0.138. The first-order valence-corrected chi connectivity index (χ1v) is 8.98. The van der Waals surface area contributed by atoms with Crippen molar-refractivity contribution in [1.29, 1.82) is 0 Å². The fraction of sp³-hybridized carbons (Fsp3) is 0.579. The number of amides is 1. The third kappa shape index (κ3) is 4.93. The zero-order valence-corrected chi connectivity index (χ0v) is 15.7. The molecular formula is C19H28F2N4O. The average Bonchev–Trinajstić information content (AvgIpc) is 3.08. The number of nitrogens with zero attached hydrogens (tertiary/aromatic N) is 2. The maximum atomic E-state index is 13.7. The summed E-state index contributed by atoms with van der Waals surface area (Å²) in [5.41, 5.74) is 0.0638. The van der Waals surface area contributed by atoms with Crippen LogP contribution in [0, 0.1) is 17.0 Å². The summed E-state index contributed by atoms with van der Waals surface area (Å²) < 4.78 is 26.6. The van der Waals surface area contributed by atoms with Crippen LogP contribution in [0.4, 0.5) is 8.78 Å². The largest absolute Gasteiger partial charge is 0.356 e. The van der Waals surface area contributed by atoms with Gasteiger partial charge in [-0.15, -0.1) is 0 Å². The molecule has 1 aromatic carbocycles. The molecular weight excluding hydrogens is 338 g/mol. The molecule has 1 aromatic rings. The predicted octanol–water partition coefficient (Wildman–Crippen LogP) is 2.32. The Balaban J connectivity index is 1.88. The van der Waals surface area contributed by atoms with Gasteiger partial charge in [0.25, 0.3) is 0 Å².